The molecule has 0 atom stereocenters. The van der Waals surface area contributed by atoms with Crippen molar-refractivity contribution in [3.05, 3.63) is 248 Å². The maximum atomic E-state index is 2.56. The zero-order chi connectivity index (χ0) is 46.2. The molecule has 0 N–H and O–H groups in total. The maximum Gasteiger partial charge on any atom is 0.0541 e. The molecule has 15 rings (SSSR count). The standard InChI is InChI=1S/C67H45N3/c1-67(2)57-40-44(42-28-33-62-55(38-42)50-22-11-13-26-59(50)68(62)46-16-5-3-6-17-46)30-35-64(57)70(61-37-32-53-49-21-10-9-20-48(49)52-24-15-25-54(61)66(52)53)65-36-31-45(41-58(65)67)43-29-34-63-56(39-43)51-23-12-14-27-60(51)69(63)47-18-7-4-8-19-47/h3-41H,1-2H3. The molecule has 11 aromatic carbocycles. The van der Waals surface area contributed by atoms with E-state index >= 15 is 0 Å². The first-order valence-electron chi connectivity index (χ1n) is 24.4. The lowest BCUT2D eigenvalue weighted by atomic mass is 9.72. The van der Waals surface area contributed by atoms with Gasteiger partial charge in [0, 0.05) is 43.7 Å². The quantitative estimate of drug-likeness (QED) is 0.168. The summed E-state index contributed by atoms with van der Waals surface area (Å²) in [5, 5.41) is 7.61. The van der Waals surface area contributed by atoms with Crippen molar-refractivity contribution in [1.82, 2.24) is 9.13 Å². The minimum absolute atomic E-state index is 0.348. The first-order chi connectivity index (χ1) is 34.5. The Hall–Kier alpha value is -8.92. The minimum Gasteiger partial charge on any atom is -0.309 e. The van der Waals surface area contributed by atoms with Crippen LogP contribution in [0.15, 0.2) is 237 Å². The van der Waals surface area contributed by atoms with Crippen molar-refractivity contribution >= 4 is 71.4 Å². The molecule has 0 unspecified atom stereocenters. The van der Waals surface area contributed by atoms with E-state index in [2.05, 4.69) is 264 Å². The van der Waals surface area contributed by atoms with E-state index in [0.29, 0.717) is 0 Å². The third-order valence-electron chi connectivity index (χ3n) is 15.6. The van der Waals surface area contributed by atoms with E-state index < -0.39 is 0 Å². The van der Waals surface area contributed by atoms with Gasteiger partial charge in [0.25, 0.3) is 0 Å². The average Bonchev–Trinajstić information content (AvgIpc) is 4.06. The van der Waals surface area contributed by atoms with Crippen LogP contribution in [0.1, 0.15) is 25.0 Å². The van der Waals surface area contributed by atoms with Crippen LogP contribution >= 0.6 is 0 Å². The number of nitrogens with zero attached hydrogens (tertiary/aromatic N) is 3. The zero-order valence-corrected chi connectivity index (χ0v) is 38.9. The van der Waals surface area contributed by atoms with Crippen molar-refractivity contribution in [1.29, 1.82) is 0 Å². The molecule has 328 valence electrons. The van der Waals surface area contributed by atoms with Crippen molar-refractivity contribution in [2.45, 2.75) is 19.3 Å². The molecule has 3 heterocycles. The monoisotopic (exact) mass is 891 g/mol. The molecule has 0 fully saturated rings. The summed E-state index contributed by atoms with van der Waals surface area (Å²) in [5.41, 5.74) is 23.1. The van der Waals surface area contributed by atoms with Crippen LogP contribution in [0.5, 0.6) is 0 Å². The Morgan fingerprint density at radius 2 is 0.686 bits per heavy atom. The number of aromatic nitrogens is 2. The number of hydrogen-bond acceptors (Lipinski definition) is 1. The molecule has 0 radical (unpaired) electrons. The Labute approximate surface area is 406 Å². The highest BCUT2D eigenvalue weighted by atomic mass is 15.2. The first kappa shape index (κ1) is 39.1. The van der Waals surface area contributed by atoms with Gasteiger partial charge >= 0.3 is 0 Å². The van der Waals surface area contributed by atoms with Crippen LogP contribution in [0.25, 0.3) is 110 Å². The number of hydrogen-bond donors (Lipinski definition) is 0. The summed E-state index contributed by atoms with van der Waals surface area (Å²) in [6, 6.07) is 88.0. The molecule has 0 amide bonds. The molecular weight excluding hydrogens is 847 g/mol. The molecule has 70 heavy (non-hydrogen) atoms. The third kappa shape index (κ3) is 5.46. The smallest absolute Gasteiger partial charge is 0.0541 e. The van der Waals surface area contributed by atoms with Gasteiger partial charge in [0.1, 0.15) is 0 Å². The molecular formula is C67H45N3. The topological polar surface area (TPSA) is 13.1 Å². The van der Waals surface area contributed by atoms with Gasteiger partial charge in [-0.15, -0.1) is 0 Å². The van der Waals surface area contributed by atoms with Gasteiger partial charge in [0.05, 0.1) is 39.1 Å². The Kier molecular flexibility index (Phi) is 8.13. The average molecular weight is 892 g/mol. The molecule has 0 bridgehead atoms. The molecule has 13 aromatic rings. The van der Waals surface area contributed by atoms with E-state index in [1.54, 1.807) is 0 Å². The highest BCUT2D eigenvalue weighted by Crippen LogP contribution is 2.57. The minimum atomic E-state index is -0.348. The van der Waals surface area contributed by atoms with Crippen LogP contribution in [-0.2, 0) is 5.41 Å². The Morgan fingerprint density at radius 1 is 0.286 bits per heavy atom. The predicted molar refractivity (Wildman–Crippen MR) is 295 cm³/mol. The van der Waals surface area contributed by atoms with Crippen LogP contribution in [0.4, 0.5) is 17.1 Å². The van der Waals surface area contributed by atoms with Crippen molar-refractivity contribution in [2.75, 3.05) is 4.90 Å². The van der Waals surface area contributed by atoms with Gasteiger partial charge < -0.3 is 14.0 Å². The zero-order valence-electron chi connectivity index (χ0n) is 38.9. The number of benzene rings is 11. The molecule has 3 heteroatoms. The lowest BCUT2D eigenvalue weighted by molar-refractivity contribution is 0.632. The van der Waals surface area contributed by atoms with E-state index in [-0.39, 0.29) is 5.41 Å². The van der Waals surface area contributed by atoms with Gasteiger partial charge in [-0.2, -0.15) is 0 Å². The van der Waals surface area contributed by atoms with Crippen LogP contribution in [0.2, 0.25) is 0 Å². The molecule has 0 saturated carbocycles. The third-order valence-corrected chi connectivity index (χ3v) is 15.6. The summed E-state index contributed by atoms with van der Waals surface area (Å²) in [4.78, 5) is 2.56. The van der Waals surface area contributed by atoms with Gasteiger partial charge in [-0.05, 0) is 152 Å². The first-order valence-corrected chi connectivity index (χ1v) is 24.4. The highest BCUT2D eigenvalue weighted by Gasteiger charge is 2.39. The van der Waals surface area contributed by atoms with Crippen LogP contribution in [-0.4, -0.2) is 9.13 Å². The fraction of sp³-hybridized carbons (Fsp3) is 0.0448. The molecule has 3 nitrogen and oxygen atoms in total. The van der Waals surface area contributed by atoms with E-state index in [0.717, 1.165) is 0 Å². The number of fused-ring (bicyclic) bond motifs is 11. The second-order valence-electron chi connectivity index (χ2n) is 19.7. The number of rotatable bonds is 5. The second kappa shape index (κ2) is 14.5. The van der Waals surface area contributed by atoms with Gasteiger partial charge in [-0.1, -0.05) is 159 Å². The molecule has 2 aromatic heterocycles. The Bertz CT molecular complexity index is 4080. The summed E-state index contributed by atoms with van der Waals surface area (Å²) in [6.07, 6.45) is 0. The van der Waals surface area contributed by atoms with Gasteiger partial charge in [-0.25, -0.2) is 0 Å². The number of para-hydroxylation sites is 4. The SMILES string of the molecule is CC1(C)c2cc(-c3ccc4c(c3)c3ccccc3n4-c3ccccc3)ccc2N(c2ccc3c4c(cccc24)-c2ccccc2-3)c2ccc(-c3ccc4c(c3)c3ccccc3n4-c3ccccc3)cc21. The van der Waals surface area contributed by atoms with Gasteiger partial charge in [0.15, 0.2) is 0 Å². The maximum absolute atomic E-state index is 2.56. The Balaban J connectivity index is 0.933. The van der Waals surface area contributed by atoms with Crippen LogP contribution in [0.3, 0.4) is 0 Å². The van der Waals surface area contributed by atoms with Gasteiger partial charge in [0.2, 0.25) is 0 Å². The van der Waals surface area contributed by atoms with E-state index in [4.69, 9.17) is 0 Å². The summed E-state index contributed by atoms with van der Waals surface area (Å²) in [7, 11) is 0. The molecule has 0 saturated heterocycles. The predicted octanol–water partition coefficient (Wildman–Crippen LogP) is 18.1. The lowest BCUT2D eigenvalue weighted by Crippen LogP contribution is -2.31. The fourth-order valence-electron chi connectivity index (χ4n) is 12.4. The fourth-order valence-corrected chi connectivity index (χ4v) is 12.4. The summed E-state index contributed by atoms with van der Waals surface area (Å²) < 4.78 is 4.79. The van der Waals surface area contributed by atoms with E-state index in [9.17, 15) is 0 Å². The van der Waals surface area contributed by atoms with Crippen LogP contribution < -0.4 is 4.90 Å². The second-order valence-corrected chi connectivity index (χ2v) is 19.7. The van der Waals surface area contributed by atoms with Gasteiger partial charge in [-0.3, -0.25) is 0 Å². The lowest BCUT2D eigenvalue weighted by Gasteiger charge is -2.43. The summed E-state index contributed by atoms with van der Waals surface area (Å²) >= 11 is 0. The molecule has 2 aliphatic rings. The molecule has 1 aliphatic heterocycles. The summed E-state index contributed by atoms with van der Waals surface area (Å²) in [5.74, 6) is 0. The van der Waals surface area contributed by atoms with Crippen molar-refractivity contribution in [3.8, 4) is 55.9 Å². The largest absolute Gasteiger partial charge is 0.309 e. The van der Waals surface area contributed by atoms with Crippen molar-refractivity contribution in [3.63, 3.8) is 0 Å². The normalized spacial score (nSPS) is 13.4. The van der Waals surface area contributed by atoms with E-state index in [1.807, 2.05) is 0 Å². The van der Waals surface area contributed by atoms with E-state index in [1.165, 1.54) is 138 Å². The summed E-state index contributed by atoms with van der Waals surface area (Å²) in [6.45, 7) is 4.85. The highest BCUT2D eigenvalue weighted by molar-refractivity contribution is 6.19. The molecule has 0 spiro atoms. The van der Waals surface area contributed by atoms with Crippen molar-refractivity contribution < 1.29 is 0 Å². The molecule has 1 aliphatic carbocycles. The van der Waals surface area contributed by atoms with Crippen molar-refractivity contribution in [2.24, 2.45) is 0 Å². The number of anilines is 3. The van der Waals surface area contributed by atoms with Crippen LogP contribution in [0, 0.1) is 0 Å². The Morgan fingerprint density at radius 3 is 1.23 bits per heavy atom.